The normalized spacial score (nSPS) is 13.2. The van der Waals surface area contributed by atoms with Crippen molar-refractivity contribution in [1.29, 1.82) is 0 Å². The van der Waals surface area contributed by atoms with Gasteiger partial charge in [-0.25, -0.2) is 4.52 Å². The Morgan fingerprint density at radius 3 is 2.61 bits per heavy atom. The van der Waals surface area contributed by atoms with Crippen LogP contribution in [0.25, 0.3) is 5.65 Å². The summed E-state index contributed by atoms with van der Waals surface area (Å²) in [7, 11) is 0. The Hall–Kier alpha value is -1.58. The Labute approximate surface area is 108 Å². The first-order chi connectivity index (χ1) is 8.65. The van der Waals surface area contributed by atoms with Gasteiger partial charge in [0.15, 0.2) is 5.65 Å². The first kappa shape index (κ1) is 12.9. The minimum atomic E-state index is 0.401. The maximum atomic E-state index is 4.51. The van der Waals surface area contributed by atoms with Crippen LogP contribution >= 0.6 is 0 Å². The van der Waals surface area contributed by atoms with E-state index < -0.39 is 0 Å². The third-order valence-electron chi connectivity index (χ3n) is 3.66. The van der Waals surface area contributed by atoms with E-state index in [-0.39, 0.29) is 0 Å². The fraction of sp³-hybridized carbons (Fsp3) is 0.571. The summed E-state index contributed by atoms with van der Waals surface area (Å²) in [5.41, 5.74) is 2.00. The van der Waals surface area contributed by atoms with Crippen LogP contribution in [-0.4, -0.2) is 20.6 Å². The van der Waals surface area contributed by atoms with E-state index in [1.165, 1.54) is 12.8 Å². The summed E-state index contributed by atoms with van der Waals surface area (Å²) in [4.78, 5) is 4.51. The van der Waals surface area contributed by atoms with E-state index >= 15 is 0 Å². The van der Waals surface area contributed by atoms with Crippen LogP contribution in [-0.2, 0) is 0 Å². The number of rotatable bonds is 5. The summed E-state index contributed by atoms with van der Waals surface area (Å²) >= 11 is 0. The van der Waals surface area contributed by atoms with Crippen LogP contribution in [0.3, 0.4) is 0 Å². The summed E-state index contributed by atoms with van der Waals surface area (Å²) in [5, 5.41) is 7.92. The van der Waals surface area contributed by atoms with E-state index in [1.54, 1.807) is 0 Å². The predicted octanol–water partition coefficient (Wildman–Crippen LogP) is 3.27. The number of aromatic nitrogens is 3. The number of hydrogen-bond acceptors (Lipinski definition) is 3. The molecular weight excluding hydrogens is 224 g/mol. The molecule has 1 N–H and O–H groups in total. The minimum absolute atomic E-state index is 0.401. The molecule has 98 valence electrons. The number of aryl methyl sites for hydroxylation is 1. The standard InChI is InChI=1S/C14H22N4/c1-5-12(6-2)11(4)15-14-16-13-9-7-8-10(3)18(13)17-14/h7-9,11-12H,5-6H2,1-4H3,(H,15,17). The zero-order valence-corrected chi connectivity index (χ0v) is 11.6. The van der Waals surface area contributed by atoms with E-state index in [4.69, 9.17) is 0 Å². The highest BCUT2D eigenvalue weighted by atomic mass is 15.4. The van der Waals surface area contributed by atoms with Gasteiger partial charge in [-0.15, -0.1) is 5.10 Å². The Balaban J connectivity index is 2.19. The lowest BCUT2D eigenvalue weighted by Gasteiger charge is -2.21. The molecule has 4 heteroatoms. The molecule has 1 atom stereocenters. The van der Waals surface area contributed by atoms with Crippen LogP contribution in [0.5, 0.6) is 0 Å². The van der Waals surface area contributed by atoms with Crippen LogP contribution in [0, 0.1) is 12.8 Å². The molecule has 2 rings (SSSR count). The summed E-state index contributed by atoms with van der Waals surface area (Å²) in [6.07, 6.45) is 2.36. The lowest BCUT2D eigenvalue weighted by Crippen LogP contribution is -2.25. The molecule has 2 heterocycles. The molecule has 0 bridgehead atoms. The number of nitrogens with zero attached hydrogens (tertiary/aromatic N) is 3. The van der Waals surface area contributed by atoms with Crippen molar-refractivity contribution >= 4 is 11.6 Å². The van der Waals surface area contributed by atoms with Gasteiger partial charge in [0.2, 0.25) is 5.95 Å². The number of hydrogen-bond donors (Lipinski definition) is 1. The molecule has 0 aromatic carbocycles. The van der Waals surface area contributed by atoms with Crippen molar-refractivity contribution in [2.24, 2.45) is 5.92 Å². The molecule has 18 heavy (non-hydrogen) atoms. The first-order valence-electron chi connectivity index (χ1n) is 6.74. The van der Waals surface area contributed by atoms with Gasteiger partial charge in [0.25, 0.3) is 0 Å². The van der Waals surface area contributed by atoms with Crippen LogP contribution in [0.15, 0.2) is 18.2 Å². The molecule has 2 aromatic heterocycles. The molecule has 0 fully saturated rings. The molecule has 0 amide bonds. The molecule has 0 aliphatic carbocycles. The topological polar surface area (TPSA) is 42.2 Å². The quantitative estimate of drug-likeness (QED) is 0.880. The van der Waals surface area contributed by atoms with Crippen molar-refractivity contribution in [1.82, 2.24) is 14.6 Å². The average molecular weight is 246 g/mol. The number of anilines is 1. The smallest absolute Gasteiger partial charge is 0.243 e. The van der Waals surface area contributed by atoms with Gasteiger partial charge in [-0.2, -0.15) is 4.98 Å². The van der Waals surface area contributed by atoms with Crippen molar-refractivity contribution in [2.75, 3.05) is 5.32 Å². The second-order valence-electron chi connectivity index (χ2n) is 4.88. The molecular formula is C14H22N4. The van der Waals surface area contributed by atoms with Gasteiger partial charge in [-0.1, -0.05) is 32.8 Å². The van der Waals surface area contributed by atoms with Gasteiger partial charge in [-0.05, 0) is 31.9 Å². The third kappa shape index (κ3) is 2.47. The highest BCUT2D eigenvalue weighted by Crippen LogP contribution is 2.17. The highest BCUT2D eigenvalue weighted by molar-refractivity contribution is 5.44. The minimum Gasteiger partial charge on any atom is -0.350 e. The van der Waals surface area contributed by atoms with E-state index in [9.17, 15) is 0 Å². The van der Waals surface area contributed by atoms with Gasteiger partial charge < -0.3 is 5.32 Å². The Bertz CT molecular complexity index is 513. The lowest BCUT2D eigenvalue weighted by molar-refractivity contribution is 0.436. The molecule has 0 radical (unpaired) electrons. The van der Waals surface area contributed by atoms with Crippen LogP contribution in [0.4, 0.5) is 5.95 Å². The van der Waals surface area contributed by atoms with E-state index in [0.29, 0.717) is 12.0 Å². The fourth-order valence-corrected chi connectivity index (χ4v) is 2.41. The molecule has 0 saturated heterocycles. The number of fused-ring (bicyclic) bond motifs is 1. The van der Waals surface area contributed by atoms with Gasteiger partial charge in [0.1, 0.15) is 0 Å². The zero-order valence-electron chi connectivity index (χ0n) is 11.6. The highest BCUT2D eigenvalue weighted by Gasteiger charge is 2.15. The average Bonchev–Trinajstić information content (AvgIpc) is 2.74. The largest absolute Gasteiger partial charge is 0.350 e. The molecule has 0 spiro atoms. The van der Waals surface area contributed by atoms with E-state index in [0.717, 1.165) is 17.3 Å². The van der Waals surface area contributed by atoms with E-state index in [2.05, 4.69) is 36.2 Å². The van der Waals surface area contributed by atoms with Crippen molar-refractivity contribution in [2.45, 2.75) is 46.6 Å². The Kier molecular flexibility index (Phi) is 3.84. The van der Waals surface area contributed by atoms with Crippen LogP contribution in [0.2, 0.25) is 0 Å². The van der Waals surface area contributed by atoms with Crippen molar-refractivity contribution in [3.8, 4) is 0 Å². The Morgan fingerprint density at radius 1 is 1.28 bits per heavy atom. The van der Waals surface area contributed by atoms with Crippen molar-refractivity contribution in [3.05, 3.63) is 23.9 Å². The second-order valence-corrected chi connectivity index (χ2v) is 4.88. The third-order valence-corrected chi connectivity index (χ3v) is 3.66. The molecule has 1 unspecified atom stereocenters. The molecule has 0 aliphatic heterocycles. The molecule has 0 saturated carbocycles. The first-order valence-corrected chi connectivity index (χ1v) is 6.74. The van der Waals surface area contributed by atoms with Gasteiger partial charge in [0.05, 0.1) is 0 Å². The lowest BCUT2D eigenvalue weighted by atomic mass is 9.96. The molecule has 2 aromatic rings. The van der Waals surface area contributed by atoms with E-state index in [1.807, 2.05) is 29.6 Å². The SMILES string of the molecule is CCC(CC)C(C)Nc1nc2cccc(C)n2n1. The van der Waals surface area contributed by atoms with Gasteiger partial charge >= 0.3 is 0 Å². The summed E-state index contributed by atoms with van der Waals surface area (Å²) in [6, 6.07) is 6.42. The van der Waals surface area contributed by atoms with Crippen molar-refractivity contribution in [3.63, 3.8) is 0 Å². The molecule has 4 nitrogen and oxygen atoms in total. The fourth-order valence-electron chi connectivity index (χ4n) is 2.41. The monoisotopic (exact) mass is 246 g/mol. The maximum absolute atomic E-state index is 4.51. The van der Waals surface area contributed by atoms with Gasteiger partial charge in [0, 0.05) is 11.7 Å². The second kappa shape index (κ2) is 5.38. The predicted molar refractivity (Wildman–Crippen MR) is 74.9 cm³/mol. The molecule has 0 aliphatic rings. The van der Waals surface area contributed by atoms with Crippen molar-refractivity contribution < 1.29 is 0 Å². The number of pyridine rings is 1. The van der Waals surface area contributed by atoms with Gasteiger partial charge in [-0.3, -0.25) is 0 Å². The summed E-state index contributed by atoms with van der Waals surface area (Å²) in [6.45, 7) is 8.70. The number of nitrogens with one attached hydrogen (secondary N) is 1. The summed E-state index contributed by atoms with van der Waals surface area (Å²) < 4.78 is 1.88. The van der Waals surface area contributed by atoms with Crippen LogP contribution in [0.1, 0.15) is 39.3 Å². The summed E-state index contributed by atoms with van der Waals surface area (Å²) in [5.74, 6) is 1.39. The maximum Gasteiger partial charge on any atom is 0.243 e. The van der Waals surface area contributed by atoms with Crippen LogP contribution < -0.4 is 5.32 Å². The Morgan fingerprint density at radius 2 is 2.00 bits per heavy atom. The zero-order chi connectivity index (χ0) is 13.1.